The van der Waals surface area contributed by atoms with Crippen LogP contribution in [0.5, 0.6) is 0 Å². The molecule has 1 aliphatic carbocycles. The number of aromatic nitrogens is 2. The van der Waals surface area contributed by atoms with Crippen LogP contribution in [-0.4, -0.2) is 15.2 Å². The molecule has 0 aliphatic heterocycles. The highest BCUT2D eigenvalue weighted by molar-refractivity contribution is 6.21. The van der Waals surface area contributed by atoms with Crippen molar-refractivity contribution >= 4 is 11.6 Å². The fourth-order valence-electron chi connectivity index (χ4n) is 2.59. The highest BCUT2D eigenvalue weighted by atomic mass is 35.5. The van der Waals surface area contributed by atoms with E-state index in [1.165, 1.54) is 31.4 Å². The molecule has 0 radical (unpaired) electrons. The van der Waals surface area contributed by atoms with E-state index in [1.807, 2.05) is 0 Å². The molecule has 0 spiro atoms. The predicted molar refractivity (Wildman–Crippen MR) is 77.1 cm³/mol. The topological polar surface area (TPSA) is 17.8 Å². The smallest absolute Gasteiger partial charge is 0.0625 e. The Morgan fingerprint density at radius 3 is 2.67 bits per heavy atom. The monoisotopic (exact) mass is 268 g/mol. The summed E-state index contributed by atoms with van der Waals surface area (Å²) in [7, 11) is 0. The molecule has 1 aliphatic rings. The van der Waals surface area contributed by atoms with Crippen LogP contribution in [0.2, 0.25) is 0 Å². The van der Waals surface area contributed by atoms with Crippen molar-refractivity contribution < 1.29 is 0 Å². The Hall–Kier alpha value is -0.500. The van der Waals surface area contributed by atoms with Crippen LogP contribution >= 0.6 is 11.6 Å². The number of aryl methyl sites for hydroxylation is 1. The van der Waals surface area contributed by atoms with Gasteiger partial charge in [0, 0.05) is 11.6 Å². The zero-order chi connectivity index (χ0) is 13.2. The standard InChI is InChI=1S/C15H25ClN2/c1-15(2,3)14(16)9-8-12-10-11-18(17-12)13-6-4-5-7-13/h10-11,13-14H,4-9H2,1-3H3. The van der Waals surface area contributed by atoms with E-state index in [0.717, 1.165) is 12.8 Å². The van der Waals surface area contributed by atoms with Gasteiger partial charge in [-0.2, -0.15) is 5.10 Å². The second-order valence-corrected chi connectivity index (χ2v) is 7.12. The summed E-state index contributed by atoms with van der Waals surface area (Å²) in [6.07, 6.45) is 9.44. The van der Waals surface area contributed by atoms with Crippen LogP contribution in [0, 0.1) is 5.41 Å². The third-order valence-electron chi connectivity index (χ3n) is 3.96. The van der Waals surface area contributed by atoms with Crippen molar-refractivity contribution in [3.63, 3.8) is 0 Å². The van der Waals surface area contributed by atoms with Gasteiger partial charge in [-0.05, 0) is 37.2 Å². The first-order chi connectivity index (χ1) is 8.47. The van der Waals surface area contributed by atoms with Gasteiger partial charge in [-0.3, -0.25) is 4.68 Å². The van der Waals surface area contributed by atoms with Gasteiger partial charge in [-0.15, -0.1) is 11.6 Å². The molecule has 0 saturated heterocycles. The van der Waals surface area contributed by atoms with Crippen molar-refractivity contribution in [1.82, 2.24) is 9.78 Å². The van der Waals surface area contributed by atoms with E-state index in [-0.39, 0.29) is 10.8 Å². The minimum Gasteiger partial charge on any atom is -0.269 e. The molecule has 102 valence electrons. The van der Waals surface area contributed by atoms with Crippen molar-refractivity contribution in [2.45, 2.75) is 70.7 Å². The van der Waals surface area contributed by atoms with E-state index in [4.69, 9.17) is 16.7 Å². The second kappa shape index (κ2) is 5.64. The molecule has 1 aromatic heterocycles. The number of halogens is 1. The summed E-state index contributed by atoms with van der Waals surface area (Å²) in [5.74, 6) is 0. The Balaban J connectivity index is 1.87. The van der Waals surface area contributed by atoms with Crippen LogP contribution in [-0.2, 0) is 6.42 Å². The van der Waals surface area contributed by atoms with Crippen LogP contribution in [0.1, 0.15) is 64.6 Å². The summed E-state index contributed by atoms with van der Waals surface area (Å²) >= 11 is 6.41. The minimum atomic E-state index is 0.176. The van der Waals surface area contributed by atoms with Gasteiger partial charge in [-0.1, -0.05) is 33.6 Å². The van der Waals surface area contributed by atoms with Crippen LogP contribution in [0.15, 0.2) is 12.3 Å². The summed E-state index contributed by atoms with van der Waals surface area (Å²) < 4.78 is 2.17. The summed E-state index contributed by atoms with van der Waals surface area (Å²) in [4.78, 5) is 0. The quantitative estimate of drug-likeness (QED) is 0.731. The van der Waals surface area contributed by atoms with Crippen molar-refractivity contribution in [2.24, 2.45) is 5.41 Å². The molecule has 0 amide bonds. The average Bonchev–Trinajstić information content (AvgIpc) is 2.94. The Morgan fingerprint density at radius 2 is 2.06 bits per heavy atom. The van der Waals surface area contributed by atoms with Crippen LogP contribution in [0.25, 0.3) is 0 Å². The number of nitrogens with zero attached hydrogens (tertiary/aromatic N) is 2. The molecule has 1 saturated carbocycles. The number of hydrogen-bond donors (Lipinski definition) is 0. The molecule has 1 heterocycles. The third-order valence-corrected chi connectivity index (χ3v) is 4.83. The van der Waals surface area contributed by atoms with E-state index in [2.05, 4.69) is 37.7 Å². The highest BCUT2D eigenvalue weighted by Crippen LogP contribution is 2.30. The lowest BCUT2D eigenvalue weighted by molar-refractivity contribution is 0.372. The molecule has 1 fully saturated rings. The number of hydrogen-bond acceptors (Lipinski definition) is 1. The van der Waals surface area contributed by atoms with E-state index in [9.17, 15) is 0 Å². The average molecular weight is 269 g/mol. The normalized spacial score (nSPS) is 19.3. The Kier molecular flexibility index (Phi) is 4.37. The first-order valence-electron chi connectivity index (χ1n) is 7.15. The second-order valence-electron chi connectivity index (χ2n) is 6.60. The molecule has 0 N–H and O–H groups in total. The summed E-state index contributed by atoms with van der Waals surface area (Å²) in [6.45, 7) is 6.59. The van der Waals surface area contributed by atoms with Crippen LogP contribution in [0.4, 0.5) is 0 Å². The largest absolute Gasteiger partial charge is 0.269 e. The molecule has 1 atom stereocenters. The van der Waals surface area contributed by atoms with Gasteiger partial charge in [0.25, 0.3) is 0 Å². The summed E-state index contributed by atoms with van der Waals surface area (Å²) in [5, 5.41) is 4.92. The maximum atomic E-state index is 6.41. The van der Waals surface area contributed by atoms with E-state index in [1.54, 1.807) is 0 Å². The molecule has 2 rings (SSSR count). The molecule has 18 heavy (non-hydrogen) atoms. The molecule has 1 unspecified atom stereocenters. The van der Waals surface area contributed by atoms with Gasteiger partial charge in [0.2, 0.25) is 0 Å². The Labute approximate surface area is 116 Å². The Morgan fingerprint density at radius 1 is 1.39 bits per heavy atom. The lowest BCUT2D eigenvalue weighted by Gasteiger charge is -2.24. The number of rotatable bonds is 4. The van der Waals surface area contributed by atoms with Crippen LogP contribution < -0.4 is 0 Å². The first-order valence-corrected chi connectivity index (χ1v) is 7.58. The Bertz CT molecular complexity index is 372. The zero-order valence-corrected chi connectivity index (χ0v) is 12.6. The van der Waals surface area contributed by atoms with Crippen molar-refractivity contribution in [3.05, 3.63) is 18.0 Å². The van der Waals surface area contributed by atoms with Gasteiger partial charge >= 0.3 is 0 Å². The molecule has 1 aromatic rings. The van der Waals surface area contributed by atoms with Crippen LogP contribution in [0.3, 0.4) is 0 Å². The third kappa shape index (κ3) is 3.50. The van der Waals surface area contributed by atoms with Crippen molar-refractivity contribution in [1.29, 1.82) is 0 Å². The molecule has 0 aromatic carbocycles. The molecule has 0 bridgehead atoms. The van der Waals surface area contributed by atoms with Gasteiger partial charge in [0.05, 0.1) is 11.7 Å². The zero-order valence-electron chi connectivity index (χ0n) is 11.8. The molecule has 3 heteroatoms. The fourth-order valence-corrected chi connectivity index (χ4v) is 2.70. The maximum Gasteiger partial charge on any atom is 0.0625 e. The fraction of sp³-hybridized carbons (Fsp3) is 0.800. The van der Waals surface area contributed by atoms with Crippen molar-refractivity contribution in [3.8, 4) is 0 Å². The van der Waals surface area contributed by atoms with Gasteiger partial charge in [-0.25, -0.2) is 0 Å². The molecular formula is C15H25ClN2. The summed E-state index contributed by atoms with van der Waals surface area (Å²) in [6, 6.07) is 2.80. The lowest BCUT2D eigenvalue weighted by Crippen LogP contribution is -2.21. The van der Waals surface area contributed by atoms with Gasteiger partial charge in [0.15, 0.2) is 0 Å². The van der Waals surface area contributed by atoms with Gasteiger partial charge in [0.1, 0.15) is 0 Å². The predicted octanol–water partition coefficient (Wildman–Crippen LogP) is 4.58. The van der Waals surface area contributed by atoms with E-state index < -0.39 is 0 Å². The van der Waals surface area contributed by atoms with E-state index in [0.29, 0.717) is 6.04 Å². The van der Waals surface area contributed by atoms with Gasteiger partial charge < -0.3 is 0 Å². The maximum absolute atomic E-state index is 6.41. The van der Waals surface area contributed by atoms with E-state index >= 15 is 0 Å². The molecular weight excluding hydrogens is 244 g/mol. The minimum absolute atomic E-state index is 0.176. The SMILES string of the molecule is CC(C)(C)C(Cl)CCc1ccn(C2CCCC2)n1. The first kappa shape index (κ1) is 13.9. The molecule has 2 nitrogen and oxygen atoms in total. The lowest BCUT2D eigenvalue weighted by atomic mass is 9.89. The highest BCUT2D eigenvalue weighted by Gasteiger charge is 2.22. The van der Waals surface area contributed by atoms with Crippen molar-refractivity contribution in [2.75, 3.05) is 0 Å². The number of alkyl halides is 1. The summed E-state index contributed by atoms with van der Waals surface area (Å²) in [5.41, 5.74) is 1.37.